The van der Waals surface area contributed by atoms with Crippen molar-refractivity contribution in [3.8, 4) is 0 Å². The number of rotatable bonds is 14. The summed E-state index contributed by atoms with van der Waals surface area (Å²) < 4.78 is 27.5. The van der Waals surface area contributed by atoms with E-state index in [0.717, 1.165) is 58.0 Å². The maximum Gasteiger partial charge on any atom is 0.309 e. The van der Waals surface area contributed by atoms with Crippen molar-refractivity contribution in [2.45, 2.75) is 94.7 Å². The van der Waals surface area contributed by atoms with E-state index in [2.05, 4.69) is 6.58 Å². The number of esters is 2. The number of epoxide rings is 3. The number of carbonyl (C=O) groups excluding carboxylic acids is 2. The summed E-state index contributed by atoms with van der Waals surface area (Å²) in [6, 6.07) is 0. The normalized spacial score (nSPS) is 35.8. The molecule has 0 spiro atoms. The van der Waals surface area contributed by atoms with Crippen molar-refractivity contribution < 1.29 is 33.3 Å². The van der Waals surface area contributed by atoms with Gasteiger partial charge in [-0.2, -0.15) is 0 Å². The fraction of sp³-hybridized carbons (Fsp3) is 0.833. The van der Waals surface area contributed by atoms with Gasteiger partial charge in [-0.25, -0.2) is 0 Å². The zero-order valence-electron chi connectivity index (χ0n) is 18.4. The molecule has 4 aliphatic rings. The van der Waals surface area contributed by atoms with Crippen molar-refractivity contribution in [3.05, 3.63) is 12.7 Å². The molecule has 0 radical (unpaired) electrons. The van der Waals surface area contributed by atoms with E-state index in [1.54, 1.807) is 0 Å². The van der Waals surface area contributed by atoms with Crippen LogP contribution in [-0.2, 0) is 33.3 Å². The summed E-state index contributed by atoms with van der Waals surface area (Å²) in [5, 5.41) is 0. The molecule has 0 aromatic heterocycles. The summed E-state index contributed by atoms with van der Waals surface area (Å²) in [5.74, 6) is -1.39. The smallest absolute Gasteiger partial charge is 0.309 e. The van der Waals surface area contributed by atoms with E-state index in [0.29, 0.717) is 18.9 Å². The molecule has 4 fully saturated rings. The van der Waals surface area contributed by atoms with E-state index >= 15 is 0 Å². The van der Waals surface area contributed by atoms with Crippen molar-refractivity contribution in [2.75, 3.05) is 19.8 Å². The topological polar surface area (TPSA) is 90.2 Å². The Morgan fingerprint density at radius 1 is 0.839 bits per heavy atom. The molecule has 31 heavy (non-hydrogen) atoms. The highest BCUT2D eigenvalue weighted by Crippen LogP contribution is 2.34. The predicted molar refractivity (Wildman–Crippen MR) is 112 cm³/mol. The minimum absolute atomic E-state index is 0.00168. The first-order chi connectivity index (χ1) is 15.2. The molecule has 7 atom stereocenters. The Morgan fingerprint density at radius 3 is 1.90 bits per heavy atom. The Kier molecular flexibility index (Phi) is 8.02. The fourth-order valence-corrected chi connectivity index (χ4v) is 4.64. The van der Waals surface area contributed by atoms with Crippen LogP contribution in [0, 0.1) is 11.8 Å². The van der Waals surface area contributed by atoms with Crippen LogP contribution < -0.4 is 0 Å². The SMILES string of the molecule is C=CCCCC1OC1COC(=O)C1CCCCC1C(=O)OCC1OC1CCCC1CO1. The van der Waals surface area contributed by atoms with Crippen molar-refractivity contribution in [1.82, 2.24) is 0 Å². The zero-order valence-corrected chi connectivity index (χ0v) is 18.4. The molecule has 4 rings (SSSR count). The minimum atomic E-state index is -0.409. The van der Waals surface area contributed by atoms with Gasteiger partial charge < -0.3 is 23.7 Å². The molecule has 3 saturated heterocycles. The molecule has 7 nitrogen and oxygen atoms in total. The van der Waals surface area contributed by atoms with Gasteiger partial charge in [0.25, 0.3) is 0 Å². The average molecular weight is 437 g/mol. The van der Waals surface area contributed by atoms with Gasteiger partial charge in [-0.15, -0.1) is 6.58 Å². The number of unbranched alkanes of at least 4 members (excludes halogenated alkanes) is 1. The van der Waals surface area contributed by atoms with Gasteiger partial charge in [0.05, 0.1) is 36.8 Å². The van der Waals surface area contributed by atoms with Gasteiger partial charge in [0.2, 0.25) is 0 Å². The van der Waals surface area contributed by atoms with Gasteiger partial charge in [0.1, 0.15) is 25.4 Å². The Bertz CT molecular complexity index is 631. The van der Waals surface area contributed by atoms with Gasteiger partial charge in [-0.1, -0.05) is 18.9 Å². The molecule has 7 heteroatoms. The highest BCUT2D eigenvalue weighted by molar-refractivity contribution is 5.82. The Labute approximate surface area is 184 Å². The lowest BCUT2D eigenvalue weighted by Crippen LogP contribution is -2.36. The van der Waals surface area contributed by atoms with Gasteiger partial charge in [-0.05, 0) is 51.4 Å². The summed E-state index contributed by atoms with van der Waals surface area (Å²) in [4.78, 5) is 25.3. The van der Waals surface area contributed by atoms with Crippen molar-refractivity contribution in [2.24, 2.45) is 11.8 Å². The van der Waals surface area contributed by atoms with E-state index in [9.17, 15) is 9.59 Å². The summed E-state index contributed by atoms with van der Waals surface area (Å²) in [6.45, 7) is 5.17. The molecule has 3 aliphatic heterocycles. The average Bonchev–Trinajstić information content (AvgIpc) is 3.65. The van der Waals surface area contributed by atoms with Crippen LogP contribution in [0.15, 0.2) is 12.7 Å². The molecule has 0 N–H and O–H groups in total. The third-order valence-corrected chi connectivity index (χ3v) is 6.84. The molecule has 7 unspecified atom stereocenters. The third kappa shape index (κ3) is 7.02. The van der Waals surface area contributed by atoms with Crippen LogP contribution >= 0.6 is 0 Å². The van der Waals surface area contributed by atoms with Crippen LogP contribution in [-0.4, -0.2) is 62.3 Å². The minimum Gasteiger partial charge on any atom is -0.463 e. The summed E-state index contributed by atoms with van der Waals surface area (Å²) in [6.07, 6.45) is 12.1. The lowest BCUT2D eigenvalue weighted by atomic mass is 9.79. The van der Waals surface area contributed by atoms with Crippen LogP contribution in [0.3, 0.4) is 0 Å². The lowest BCUT2D eigenvalue weighted by molar-refractivity contribution is -0.163. The molecule has 0 aromatic rings. The van der Waals surface area contributed by atoms with Crippen LogP contribution in [0.1, 0.15) is 64.2 Å². The van der Waals surface area contributed by atoms with E-state index in [4.69, 9.17) is 23.7 Å². The Morgan fingerprint density at radius 2 is 1.39 bits per heavy atom. The van der Waals surface area contributed by atoms with E-state index in [-0.39, 0.29) is 49.6 Å². The molecule has 3 heterocycles. The van der Waals surface area contributed by atoms with Crippen molar-refractivity contribution in [3.63, 3.8) is 0 Å². The van der Waals surface area contributed by atoms with E-state index < -0.39 is 11.8 Å². The molecule has 0 aromatic carbocycles. The first-order valence-electron chi connectivity index (χ1n) is 12.0. The van der Waals surface area contributed by atoms with Crippen LogP contribution in [0.5, 0.6) is 0 Å². The fourth-order valence-electron chi connectivity index (χ4n) is 4.64. The highest BCUT2D eigenvalue weighted by Gasteiger charge is 2.43. The first kappa shape index (κ1) is 22.7. The van der Waals surface area contributed by atoms with E-state index in [1.165, 1.54) is 0 Å². The van der Waals surface area contributed by atoms with Gasteiger partial charge in [-0.3, -0.25) is 9.59 Å². The van der Waals surface area contributed by atoms with Crippen molar-refractivity contribution in [1.29, 1.82) is 0 Å². The summed E-state index contributed by atoms with van der Waals surface area (Å²) in [7, 11) is 0. The Balaban J connectivity index is 1.13. The maximum atomic E-state index is 12.7. The zero-order chi connectivity index (χ0) is 21.6. The first-order valence-corrected chi connectivity index (χ1v) is 12.0. The van der Waals surface area contributed by atoms with E-state index in [1.807, 2.05) is 6.08 Å². The van der Waals surface area contributed by atoms with Crippen LogP contribution in [0.4, 0.5) is 0 Å². The third-order valence-electron chi connectivity index (χ3n) is 6.84. The van der Waals surface area contributed by atoms with Gasteiger partial charge in [0, 0.05) is 0 Å². The van der Waals surface area contributed by atoms with Crippen LogP contribution in [0.25, 0.3) is 0 Å². The number of allylic oxidation sites excluding steroid dienone is 1. The number of hydrogen-bond acceptors (Lipinski definition) is 7. The summed E-state index contributed by atoms with van der Waals surface area (Å²) in [5.41, 5.74) is 0. The molecule has 1 aliphatic carbocycles. The number of carbonyl (C=O) groups is 2. The molecule has 1 saturated carbocycles. The lowest BCUT2D eigenvalue weighted by Gasteiger charge is -2.28. The van der Waals surface area contributed by atoms with Crippen LogP contribution in [0.2, 0.25) is 0 Å². The van der Waals surface area contributed by atoms with Gasteiger partial charge >= 0.3 is 11.9 Å². The molecule has 174 valence electrons. The largest absolute Gasteiger partial charge is 0.463 e. The highest BCUT2D eigenvalue weighted by atomic mass is 16.6. The Hall–Kier alpha value is -1.44. The second-order valence-corrected chi connectivity index (χ2v) is 9.29. The number of ether oxygens (including phenoxy) is 5. The molecule has 0 amide bonds. The molecular weight excluding hydrogens is 400 g/mol. The standard InChI is InChI=1S/C24H36O7/c1-2-3-4-11-19-21(30-19)14-28-23(25)17-9-5-6-10-18(17)24(26)29-15-22-20(31-22)12-7-8-16-13-27-16/h2,16-22H,1,3-15H2. The monoisotopic (exact) mass is 436 g/mol. The van der Waals surface area contributed by atoms with Crippen molar-refractivity contribution >= 4 is 11.9 Å². The summed E-state index contributed by atoms with van der Waals surface area (Å²) >= 11 is 0. The quantitative estimate of drug-likeness (QED) is 0.178. The van der Waals surface area contributed by atoms with Gasteiger partial charge in [0.15, 0.2) is 0 Å². The molecule has 0 bridgehead atoms. The maximum absolute atomic E-state index is 12.7. The predicted octanol–water partition coefficient (Wildman–Crippen LogP) is 3.34. The second kappa shape index (κ2) is 10.9. The number of hydrogen-bond donors (Lipinski definition) is 0. The second-order valence-electron chi connectivity index (χ2n) is 9.29. The molecular formula is C24H36O7.